The molecule has 0 aromatic rings. The van der Waals surface area contributed by atoms with Gasteiger partial charge < -0.3 is 10.4 Å². The van der Waals surface area contributed by atoms with E-state index in [-0.39, 0.29) is 6.04 Å². The number of hydrogen-bond donors (Lipinski definition) is 2. The SMILES string of the molecule is CC(CC1CC1)NCC(F)(F)C(=O)O. The van der Waals surface area contributed by atoms with Gasteiger partial charge in [-0.25, -0.2) is 4.79 Å². The van der Waals surface area contributed by atoms with Gasteiger partial charge in [0.25, 0.3) is 0 Å². The van der Waals surface area contributed by atoms with Crippen LogP contribution >= 0.6 is 0 Å². The van der Waals surface area contributed by atoms with Gasteiger partial charge in [-0.3, -0.25) is 0 Å². The van der Waals surface area contributed by atoms with Gasteiger partial charge in [0.1, 0.15) is 0 Å². The Labute approximate surface area is 81.5 Å². The van der Waals surface area contributed by atoms with Crippen LogP contribution < -0.4 is 5.32 Å². The summed E-state index contributed by atoms with van der Waals surface area (Å²) in [6.07, 6.45) is 3.19. The molecule has 0 aromatic carbocycles. The fourth-order valence-electron chi connectivity index (χ4n) is 1.31. The summed E-state index contributed by atoms with van der Waals surface area (Å²) in [6.45, 7) is 1.02. The maximum Gasteiger partial charge on any atom is 0.375 e. The molecule has 82 valence electrons. The average Bonchev–Trinajstić information content (AvgIpc) is 2.85. The maximum absolute atomic E-state index is 12.6. The van der Waals surface area contributed by atoms with Crippen LogP contribution in [0, 0.1) is 5.92 Å². The fourth-order valence-corrected chi connectivity index (χ4v) is 1.31. The molecule has 3 nitrogen and oxygen atoms in total. The van der Waals surface area contributed by atoms with Crippen LogP contribution in [-0.4, -0.2) is 29.6 Å². The van der Waals surface area contributed by atoms with E-state index in [0.29, 0.717) is 5.92 Å². The van der Waals surface area contributed by atoms with E-state index in [4.69, 9.17) is 5.11 Å². The molecule has 5 heteroatoms. The molecule has 1 atom stereocenters. The highest BCUT2D eigenvalue weighted by molar-refractivity contribution is 5.75. The molecule has 0 bridgehead atoms. The van der Waals surface area contributed by atoms with Crippen LogP contribution in [0.2, 0.25) is 0 Å². The predicted octanol–water partition coefficient (Wildman–Crippen LogP) is 1.48. The first-order chi connectivity index (χ1) is 6.42. The summed E-state index contributed by atoms with van der Waals surface area (Å²) in [6, 6.07) is -0.0345. The molecule has 0 spiro atoms. The highest BCUT2D eigenvalue weighted by atomic mass is 19.3. The van der Waals surface area contributed by atoms with Crippen molar-refractivity contribution in [3.05, 3.63) is 0 Å². The molecule has 0 saturated heterocycles. The Morgan fingerprint density at radius 3 is 2.64 bits per heavy atom. The summed E-state index contributed by atoms with van der Waals surface area (Å²) in [4.78, 5) is 10.1. The Morgan fingerprint density at radius 2 is 2.21 bits per heavy atom. The van der Waals surface area contributed by atoms with Gasteiger partial charge in [-0.15, -0.1) is 0 Å². The Morgan fingerprint density at radius 1 is 1.64 bits per heavy atom. The van der Waals surface area contributed by atoms with Gasteiger partial charge in [0.05, 0.1) is 6.54 Å². The highest BCUT2D eigenvalue weighted by Crippen LogP contribution is 2.33. The molecule has 1 fully saturated rings. The zero-order chi connectivity index (χ0) is 10.8. The second-order valence-corrected chi connectivity index (χ2v) is 3.97. The Hall–Kier alpha value is -0.710. The van der Waals surface area contributed by atoms with Gasteiger partial charge in [-0.1, -0.05) is 12.8 Å². The number of aliphatic carboxylic acids is 1. The van der Waals surface area contributed by atoms with Crippen molar-refractivity contribution in [3.8, 4) is 0 Å². The number of nitrogens with one attached hydrogen (secondary N) is 1. The van der Waals surface area contributed by atoms with Gasteiger partial charge in [0, 0.05) is 6.04 Å². The Kier molecular flexibility index (Phi) is 3.42. The number of hydrogen-bond acceptors (Lipinski definition) is 2. The summed E-state index contributed by atoms with van der Waals surface area (Å²) in [5, 5.41) is 10.7. The van der Waals surface area contributed by atoms with Crippen LogP contribution in [0.4, 0.5) is 8.78 Å². The molecule has 1 aliphatic rings. The van der Waals surface area contributed by atoms with E-state index in [0.717, 1.165) is 6.42 Å². The quantitative estimate of drug-likeness (QED) is 0.693. The van der Waals surface area contributed by atoms with Crippen molar-refractivity contribution in [1.82, 2.24) is 5.32 Å². The third kappa shape index (κ3) is 3.57. The molecule has 1 aliphatic carbocycles. The van der Waals surface area contributed by atoms with Crippen LogP contribution in [0.5, 0.6) is 0 Å². The molecule has 1 saturated carbocycles. The van der Waals surface area contributed by atoms with Gasteiger partial charge in [-0.2, -0.15) is 8.78 Å². The standard InChI is InChI=1S/C9H15F2NO2/c1-6(4-7-2-3-7)12-5-9(10,11)8(13)14/h6-7,12H,2-5H2,1H3,(H,13,14). The smallest absolute Gasteiger partial charge is 0.375 e. The molecule has 1 unspecified atom stereocenters. The summed E-state index contributed by atoms with van der Waals surface area (Å²) in [5.41, 5.74) is 0. The summed E-state index contributed by atoms with van der Waals surface area (Å²) < 4.78 is 25.2. The number of carboxylic acid groups (broad SMARTS) is 1. The molecule has 0 radical (unpaired) electrons. The van der Waals surface area contributed by atoms with E-state index in [9.17, 15) is 13.6 Å². The van der Waals surface area contributed by atoms with Crippen molar-refractivity contribution >= 4 is 5.97 Å². The Balaban J connectivity index is 2.20. The highest BCUT2D eigenvalue weighted by Gasteiger charge is 2.38. The lowest BCUT2D eigenvalue weighted by atomic mass is 10.1. The molecule has 0 heterocycles. The van der Waals surface area contributed by atoms with E-state index >= 15 is 0 Å². The van der Waals surface area contributed by atoms with Crippen molar-refractivity contribution in [2.24, 2.45) is 5.92 Å². The van der Waals surface area contributed by atoms with Crippen molar-refractivity contribution in [2.45, 2.75) is 38.2 Å². The number of carboxylic acids is 1. The minimum Gasteiger partial charge on any atom is -0.477 e. The lowest BCUT2D eigenvalue weighted by Gasteiger charge is -2.17. The molecular formula is C9H15F2NO2. The van der Waals surface area contributed by atoms with Crippen molar-refractivity contribution in [3.63, 3.8) is 0 Å². The first-order valence-corrected chi connectivity index (χ1v) is 4.76. The van der Waals surface area contributed by atoms with Crippen molar-refractivity contribution in [2.75, 3.05) is 6.54 Å². The molecule has 0 amide bonds. The first kappa shape index (κ1) is 11.4. The van der Waals surface area contributed by atoms with Gasteiger partial charge in [0.2, 0.25) is 0 Å². The fraction of sp³-hybridized carbons (Fsp3) is 0.889. The summed E-state index contributed by atoms with van der Waals surface area (Å²) >= 11 is 0. The minimum atomic E-state index is -3.65. The van der Waals surface area contributed by atoms with E-state index in [1.807, 2.05) is 0 Å². The van der Waals surface area contributed by atoms with Crippen molar-refractivity contribution < 1.29 is 18.7 Å². The zero-order valence-electron chi connectivity index (χ0n) is 8.09. The lowest BCUT2D eigenvalue weighted by molar-refractivity contribution is -0.164. The Bertz CT molecular complexity index is 217. The number of alkyl halides is 2. The predicted molar refractivity (Wildman–Crippen MR) is 47.4 cm³/mol. The van der Waals surface area contributed by atoms with Gasteiger partial charge >= 0.3 is 11.9 Å². The molecule has 0 aliphatic heterocycles. The second kappa shape index (κ2) is 4.21. The molecular weight excluding hydrogens is 192 g/mol. The minimum absolute atomic E-state index is 0.0345. The number of halogens is 2. The zero-order valence-corrected chi connectivity index (χ0v) is 8.09. The van der Waals surface area contributed by atoms with Crippen LogP contribution in [0.3, 0.4) is 0 Å². The largest absolute Gasteiger partial charge is 0.477 e. The molecule has 0 aromatic heterocycles. The van der Waals surface area contributed by atoms with Crippen LogP contribution in [0.15, 0.2) is 0 Å². The number of carbonyl (C=O) groups is 1. The van der Waals surface area contributed by atoms with Crippen LogP contribution in [-0.2, 0) is 4.79 Å². The third-order valence-electron chi connectivity index (χ3n) is 2.37. The molecule has 14 heavy (non-hydrogen) atoms. The first-order valence-electron chi connectivity index (χ1n) is 4.76. The van der Waals surface area contributed by atoms with E-state index in [1.165, 1.54) is 12.8 Å². The monoisotopic (exact) mass is 207 g/mol. The van der Waals surface area contributed by atoms with Gasteiger partial charge in [-0.05, 0) is 19.3 Å². The average molecular weight is 207 g/mol. The second-order valence-electron chi connectivity index (χ2n) is 3.97. The normalized spacial score (nSPS) is 19.4. The lowest BCUT2D eigenvalue weighted by Crippen LogP contribution is -2.43. The molecule has 1 rings (SSSR count). The van der Waals surface area contributed by atoms with Crippen molar-refractivity contribution in [1.29, 1.82) is 0 Å². The van der Waals surface area contributed by atoms with Crippen LogP contribution in [0.1, 0.15) is 26.2 Å². The summed E-state index contributed by atoms with van der Waals surface area (Å²) in [7, 11) is 0. The molecule has 2 N–H and O–H groups in total. The van der Waals surface area contributed by atoms with Crippen LogP contribution in [0.25, 0.3) is 0 Å². The topological polar surface area (TPSA) is 49.3 Å². The summed E-state index contributed by atoms with van der Waals surface area (Å²) in [5.74, 6) is -5.07. The number of rotatable bonds is 6. The maximum atomic E-state index is 12.6. The van der Waals surface area contributed by atoms with E-state index < -0.39 is 18.4 Å². The third-order valence-corrected chi connectivity index (χ3v) is 2.37. The van der Waals surface area contributed by atoms with E-state index in [1.54, 1.807) is 6.92 Å². The van der Waals surface area contributed by atoms with E-state index in [2.05, 4.69) is 5.32 Å². The van der Waals surface area contributed by atoms with Gasteiger partial charge in [0.15, 0.2) is 0 Å².